The largest absolute Gasteiger partial charge is 0.478 e. The minimum Gasteiger partial charge on any atom is -0.478 e. The average molecular weight is 526 g/mol. The highest BCUT2D eigenvalue weighted by molar-refractivity contribution is 5.95. The summed E-state index contributed by atoms with van der Waals surface area (Å²) in [6.07, 6.45) is 1.78. The van der Waals surface area contributed by atoms with Crippen molar-refractivity contribution < 1.29 is 14.7 Å². The fourth-order valence-corrected chi connectivity index (χ4v) is 5.10. The zero-order chi connectivity index (χ0) is 27.7. The number of carbonyl (C=O) groups is 2. The second-order valence-corrected chi connectivity index (χ2v) is 9.89. The summed E-state index contributed by atoms with van der Waals surface area (Å²) in [7, 11) is 0. The van der Waals surface area contributed by atoms with E-state index in [1.165, 1.54) is 0 Å². The number of aryl methyl sites for hydroxylation is 1. The topological polar surface area (TPSA) is 107 Å². The number of anilines is 2. The second-order valence-electron chi connectivity index (χ2n) is 9.89. The Morgan fingerprint density at radius 1 is 0.974 bits per heavy atom. The number of rotatable bonds is 6. The van der Waals surface area contributed by atoms with E-state index in [0.29, 0.717) is 54.5 Å². The van der Waals surface area contributed by atoms with Gasteiger partial charge in [-0.3, -0.25) is 14.0 Å². The van der Waals surface area contributed by atoms with Crippen LogP contribution in [0.5, 0.6) is 0 Å². The Morgan fingerprint density at radius 2 is 1.64 bits per heavy atom. The summed E-state index contributed by atoms with van der Waals surface area (Å²) in [6, 6.07) is 17.6. The third-order valence-corrected chi connectivity index (χ3v) is 7.17. The highest BCUT2D eigenvalue weighted by Gasteiger charge is 2.26. The molecule has 3 heterocycles. The molecule has 0 spiro atoms. The van der Waals surface area contributed by atoms with Gasteiger partial charge in [0.2, 0.25) is 0 Å². The van der Waals surface area contributed by atoms with Gasteiger partial charge >= 0.3 is 5.97 Å². The van der Waals surface area contributed by atoms with Crippen LogP contribution in [0.2, 0.25) is 0 Å². The SMILES string of the molecule is Cc1cc(C(C)Nc2ccccc2C(=O)O)c2nc(N3CCN(C(=O)c4ccccc4)CC3)c(C)c(=O)n2c1. The van der Waals surface area contributed by atoms with Gasteiger partial charge in [0, 0.05) is 49.2 Å². The molecule has 2 N–H and O–H groups in total. The van der Waals surface area contributed by atoms with Gasteiger partial charge in [-0.2, -0.15) is 0 Å². The van der Waals surface area contributed by atoms with Crippen LogP contribution < -0.4 is 15.8 Å². The smallest absolute Gasteiger partial charge is 0.337 e. The molecule has 5 rings (SSSR count). The lowest BCUT2D eigenvalue weighted by Crippen LogP contribution is -2.49. The standard InChI is InChI=1S/C30H31N5O4/c1-19-17-24(21(3)31-25-12-8-7-11-23(25)30(38)39)27-32-26(20(2)28(36)35(27)18-19)33-13-15-34(16-14-33)29(37)22-9-5-4-6-10-22/h4-12,17-18,21,31H,13-16H2,1-3H3,(H,38,39). The first-order valence-electron chi connectivity index (χ1n) is 13.0. The molecule has 2 aromatic heterocycles. The molecule has 2 aromatic carbocycles. The minimum absolute atomic E-state index is 0.00202. The average Bonchev–Trinajstić information content (AvgIpc) is 2.95. The van der Waals surface area contributed by atoms with Crippen molar-refractivity contribution >= 4 is 29.0 Å². The number of hydrogen-bond acceptors (Lipinski definition) is 6. The number of aromatic carboxylic acids is 1. The molecule has 200 valence electrons. The van der Waals surface area contributed by atoms with Crippen LogP contribution in [0.25, 0.3) is 5.65 Å². The molecule has 1 saturated heterocycles. The van der Waals surface area contributed by atoms with E-state index in [0.717, 1.165) is 11.1 Å². The maximum absolute atomic E-state index is 13.5. The van der Waals surface area contributed by atoms with Gasteiger partial charge < -0.3 is 20.2 Å². The fourth-order valence-electron chi connectivity index (χ4n) is 5.10. The van der Waals surface area contributed by atoms with Gasteiger partial charge in [-0.05, 0) is 56.7 Å². The number of amides is 1. The van der Waals surface area contributed by atoms with Gasteiger partial charge in [0.05, 0.1) is 17.2 Å². The third kappa shape index (κ3) is 5.07. The van der Waals surface area contributed by atoms with Crippen LogP contribution in [0.3, 0.4) is 0 Å². The number of piperazine rings is 1. The molecule has 1 atom stereocenters. The molecule has 0 aliphatic carbocycles. The minimum atomic E-state index is -1.02. The molecule has 1 amide bonds. The molecule has 9 nitrogen and oxygen atoms in total. The lowest BCUT2D eigenvalue weighted by atomic mass is 10.1. The quantitative estimate of drug-likeness (QED) is 0.390. The maximum atomic E-state index is 13.5. The van der Waals surface area contributed by atoms with Crippen molar-refractivity contribution in [2.45, 2.75) is 26.8 Å². The van der Waals surface area contributed by atoms with E-state index in [-0.39, 0.29) is 23.1 Å². The Labute approximate surface area is 226 Å². The lowest BCUT2D eigenvalue weighted by Gasteiger charge is -2.36. The van der Waals surface area contributed by atoms with Gasteiger partial charge in [0.25, 0.3) is 11.5 Å². The Morgan fingerprint density at radius 3 is 2.33 bits per heavy atom. The number of nitrogens with one attached hydrogen (secondary N) is 1. The van der Waals surface area contributed by atoms with Gasteiger partial charge in [0.1, 0.15) is 11.5 Å². The first-order valence-corrected chi connectivity index (χ1v) is 13.0. The van der Waals surface area contributed by atoms with Crippen LogP contribution in [0.4, 0.5) is 11.5 Å². The number of carboxylic acids is 1. The number of hydrogen-bond donors (Lipinski definition) is 2. The zero-order valence-electron chi connectivity index (χ0n) is 22.2. The number of pyridine rings is 1. The maximum Gasteiger partial charge on any atom is 0.337 e. The van der Waals surface area contributed by atoms with Crippen LogP contribution in [-0.2, 0) is 0 Å². The molecule has 1 unspecified atom stereocenters. The summed E-state index contributed by atoms with van der Waals surface area (Å²) in [5.41, 5.74) is 3.91. The zero-order valence-corrected chi connectivity index (χ0v) is 22.2. The van der Waals surface area contributed by atoms with Crippen LogP contribution in [0.15, 0.2) is 71.7 Å². The van der Waals surface area contributed by atoms with Crippen LogP contribution in [0, 0.1) is 13.8 Å². The number of carboxylic acid groups (broad SMARTS) is 1. The Balaban J connectivity index is 1.46. The van der Waals surface area contributed by atoms with Crippen molar-refractivity contribution in [1.29, 1.82) is 0 Å². The number of para-hydroxylation sites is 1. The Bertz CT molecular complexity index is 1610. The predicted molar refractivity (Wildman–Crippen MR) is 151 cm³/mol. The normalized spacial score (nSPS) is 14.3. The first-order chi connectivity index (χ1) is 18.7. The molecule has 0 radical (unpaired) electrons. The van der Waals surface area contributed by atoms with Gasteiger partial charge in [-0.1, -0.05) is 30.3 Å². The fraction of sp³-hybridized carbons (Fsp3) is 0.267. The summed E-state index contributed by atoms with van der Waals surface area (Å²) in [5, 5.41) is 12.9. The van der Waals surface area contributed by atoms with E-state index in [2.05, 4.69) is 10.2 Å². The van der Waals surface area contributed by atoms with Crippen molar-refractivity contribution in [1.82, 2.24) is 14.3 Å². The van der Waals surface area contributed by atoms with Crippen molar-refractivity contribution in [3.63, 3.8) is 0 Å². The Kier molecular flexibility index (Phi) is 7.06. The molecule has 39 heavy (non-hydrogen) atoms. The van der Waals surface area contributed by atoms with Crippen molar-refractivity contribution in [2.75, 3.05) is 36.4 Å². The Hall–Kier alpha value is -4.66. The van der Waals surface area contributed by atoms with Crippen molar-refractivity contribution in [2.24, 2.45) is 0 Å². The lowest BCUT2D eigenvalue weighted by molar-refractivity contribution is 0.0696. The van der Waals surface area contributed by atoms with E-state index < -0.39 is 5.97 Å². The molecular formula is C30H31N5O4. The summed E-state index contributed by atoms with van der Waals surface area (Å²) >= 11 is 0. The molecule has 1 aliphatic heterocycles. The summed E-state index contributed by atoms with van der Waals surface area (Å²) in [6.45, 7) is 7.79. The van der Waals surface area contributed by atoms with E-state index >= 15 is 0 Å². The van der Waals surface area contributed by atoms with Crippen LogP contribution in [-0.4, -0.2) is 57.4 Å². The molecule has 4 aromatic rings. The van der Waals surface area contributed by atoms with Crippen LogP contribution >= 0.6 is 0 Å². The van der Waals surface area contributed by atoms with E-state index in [1.807, 2.05) is 55.1 Å². The van der Waals surface area contributed by atoms with Crippen LogP contribution in [0.1, 0.15) is 50.4 Å². The number of carbonyl (C=O) groups excluding carboxylic acids is 1. The van der Waals surface area contributed by atoms with Gasteiger partial charge in [0.15, 0.2) is 0 Å². The van der Waals surface area contributed by atoms with Crippen molar-refractivity contribution in [3.05, 3.63) is 105 Å². The molecule has 0 saturated carbocycles. The summed E-state index contributed by atoms with van der Waals surface area (Å²) in [5.74, 6) is -0.413. The van der Waals surface area contributed by atoms with E-state index in [4.69, 9.17) is 4.98 Å². The van der Waals surface area contributed by atoms with Crippen molar-refractivity contribution in [3.8, 4) is 0 Å². The number of aromatic nitrogens is 2. The first kappa shape index (κ1) is 26.0. The van der Waals surface area contributed by atoms with Gasteiger partial charge in [-0.25, -0.2) is 9.78 Å². The molecule has 1 fully saturated rings. The highest BCUT2D eigenvalue weighted by atomic mass is 16.4. The number of fused-ring (bicyclic) bond motifs is 1. The molecule has 0 bridgehead atoms. The van der Waals surface area contributed by atoms with E-state index in [9.17, 15) is 19.5 Å². The third-order valence-electron chi connectivity index (χ3n) is 7.17. The number of benzene rings is 2. The monoisotopic (exact) mass is 525 g/mol. The number of nitrogens with zero attached hydrogens (tertiary/aromatic N) is 4. The molecule has 9 heteroatoms. The second kappa shape index (κ2) is 10.6. The summed E-state index contributed by atoms with van der Waals surface area (Å²) in [4.78, 5) is 47.0. The van der Waals surface area contributed by atoms with E-state index in [1.54, 1.807) is 41.8 Å². The molecular weight excluding hydrogens is 494 g/mol. The highest BCUT2D eigenvalue weighted by Crippen LogP contribution is 2.27. The predicted octanol–water partition coefficient (Wildman–Crippen LogP) is 4.15. The van der Waals surface area contributed by atoms with Gasteiger partial charge in [-0.15, -0.1) is 0 Å². The summed E-state index contributed by atoms with van der Waals surface area (Å²) < 4.78 is 1.57. The molecule has 1 aliphatic rings.